The highest BCUT2D eigenvalue weighted by Crippen LogP contribution is 2.35. The number of hydrogen-bond acceptors (Lipinski definition) is 7. The van der Waals surface area contributed by atoms with Crippen molar-refractivity contribution in [1.29, 1.82) is 0 Å². The molecule has 0 atom stereocenters. The first-order valence-electron chi connectivity index (χ1n) is 12.4. The second kappa shape index (κ2) is 13.8. The predicted molar refractivity (Wildman–Crippen MR) is 151 cm³/mol. The van der Waals surface area contributed by atoms with Crippen molar-refractivity contribution in [3.63, 3.8) is 0 Å². The lowest BCUT2D eigenvalue weighted by Gasteiger charge is -2.29. The summed E-state index contributed by atoms with van der Waals surface area (Å²) in [4.78, 5) is 56.1. The summed E-state index contributed by atoms with van der Waals surface area (Å²) in [6.45, 7) is 12.1. The van der Waals surface area contributed by atoms with Gasteiger partial charge in [-0.15, -0.1) is 0 Å². The molecule has 218 valence electrons. The minimum Gasteiger partial charge on any atom is -0.464 e. The van der Waals surface area contributed by atoms with E-state index < -0.39 is 57.8 Å². The van der Waals surface area contributed by atoms with Crippen LogP contribution in [0.2, 0.25) is 10.3 Å². The maximum Gasteiger partial charge on any atom is 0.415 e. The number of halogens is 3. The van der Waals surface area contributed by atoms with Crippen molar-refractivity contribution in [3.8, 4) is 0 Å². The molecule has 0 saturated heterocycles. The molecule has 2 aromatic rings. The lowest BCUT2D eigenvalue weighted by atomic mass is 9.99. The number of carbonyl (C=O) groups is 4. The molecule has 0 aliphatic rings. The van der Waals surface area contributed by atoms with Crippen molar-refractivity contribution in [3.05, 3.63) is 51.5 Å². The molecular formula is C27H33Cl2FN4O6. The second-order valence-corrected chi connectivity index (χ2v) is 11.3. The summed E-state index contributed by atoms with van der Waals surface area (Å²) >= 11 is 11.5. The van der Waals surface area contributed by atoms with Crippen LogP contribution in [0.3, 0.4) is 0 Å². The van der Waals surface area contributed by atoms with Crippen molar-refractivity contribution in [2.45, 2.75) is 60.0 Å². The number of carbonyl (C=O) groups excluding carboxylic acids is 4. The molecule has 1 aromatic carbocycles. The molecule has 0 aliphatic carbocycles. The van der Waals surface area contributed by atoms with Gasteiger partial charge in [0, 0.05) is 0 Å². The number of pyridine rings is 1. The number of amides is 4. The van der Waals surface area contributed by atoms with E-state index in [2.05, 4.69) is 15.6 Å². The molecule has 2 N–H and O–H groups in total. The van der Waals surface area contributed by atoms with Crippen molar-refractivity contribution in [2.75, 3.05) is 23.4 Å². The standard InChI is InChI=1S/C27H33Cl2FN4O6/c1-14(2)13-39-20(35)12-34(26(38)40-27(5,6)7)19-10-8-9-16(15(3)4)21(19)31-25(37)33-24(36)17-11-18(30)23(29)32-22(17)28/h8-11,14-15H,12-13H2,1-7H3,(H2,31,33,36,37). The Morgan fingerprint density at radius 3 is 2.30 bits per heavy atom. The lowest BCUT2D eigenvalue weighted by Crippen LogP contribution is -2.42. The molecule has 40 heavy (non-hydrogen) atoms. The monoisotopic (exact) mass is 598 g/mol. The van der Waals surface area contributed by atoms with E-state index in [0.29, 0.717) is 5.56 Å². The summed E-state index contributed by atoms with van der Waals surface area (Å²) < 4.78 is 24.7. The normalized spacial score (nSPS) is 11.3. The topological polar surface area (TPSA) is 127 Å². The van der Waals surface area contributed by atoms with Gasteiger partial charge in [0.2, 0.25) is 0 Å². The molecule has 1 aromatic heterocycles. The Balaban J connectivity index is 2.47. The summed E-state index contributed by atoms with van der Waals surface area (Å²) in [6, 6.07) is 4.61. The molecule has 10 nitrogen and oxygen atoms in total. The number of esters is 1. The Hall–Kier alpha value is -3.44. The largest absolute Gasteiger partial charge is 0.464 e. The molecule has 0 fully saturated rings. The van der Waals surface area contributed by atoms with Crippen molar-refractivity contribution < 1.29 is 33.0 Å². The number of anilines is 2. The van der Waals surface area contributed by atoms with Gasteiger partial charge < -0.3 is 14.8 Å². The lowest BCUT2D eigenvalue weighted by molar-refractivity contribution is -0.143. The van der Waals surface area contributed by atoms with Gasteiger partial charge in [-0.05, 0) is 50.3 Å². The molecule has 0 unspecified atom stereocenters. The smallest absolute Gasteiger partial charge is 0.415 e. The van der Waals surface area contributed by atoms with E-state index in [1.807, 2.05) is 27.7 Å². The molecule has 13 heteroatoms. The fourth-order valence-corrected chi connectivity index (χ4v) is 3.73. The zero-order chi connectivity index (χ0) is 30.4. The predicted octanol–water partition coefficient (Wildman–Crippen LogP) is 6.55. The van der Waals surface area contributed by atoms with Crippen LogP contribution in [0, 0.1) is 11.7 Å². The van der Waals surface area contributed by atoms with Crippen LogP contribution in [0.15, 0.2) is 24.3 Å². The van der Waals surface area contributed by atoms with Gasteiger partial charge >= 0.3 is 18.1 Å². The first kappa shape index (κ1) is 32.8. The average Bonchev–Trinajstić information content (AvgIpc) is 2.82. The number of benzene rings is 1. The van der Waals surface area contributed by atoms with E-state index in [-0.39, 0.29) is 29.8 Å². The van der Waals surface area contributed by atoms with Gasteiger partial charge in [-0.1, -0.05) is 63.0 Å². The molecular weight excluding hydrogens is 566 g/mol. The third-order valence-electron chi connectivity index (χ3n) is 5.06. The van der Waals surface area contributed by atoms with Gasteiger partial charge in [0.05, 0.1) is 23.5 Å². The summed E-state index contributed by atoms with van der Waals surface area (Å²) in [5.41, 5.74) is -0.467. The van der Waals surface area contributed by atoms with Crippen LogP contribution in [0.25, 0.3) is 0 Å². The number of para-hydroxylation sites is 1. The van der Waals surface area contributed by atoms with Crippen LogP contribution < -0.4 is 15.5 Å². The number of aromatic nitrogens is 1. The summed E-state index contributed by atoms with van der Waals surface area (Å²) in [7, 11) is 0. The first-order chi connectivity index (χ1) is 18.5. The number of ether oxygens (including phenoxy) is 2. The number of rotatable bonds is 8. The quantitative estimate of drug-likeness (QED) is 0.260. The van der Waals surface area contributed by atoms with Gasteiger partial charge in [0.15, 0.2) is 11.0 Å². The Bertz CT molecular complexity index is 1280. The highest BCUT2D eigenvalue weighted by atomic mass is 35.5. The maximum absolute atomic E-state index is 13.9. The summed E-state index contributed by atoms with van der Waals surface area (Å²) in [5, 5.41) is 3.69. The van der Waals surface area contributed by atoms with Crippen LogP contribution in [-0.4, -0.2) is 47.7 Å². The van der Waals surface area contributed by atoms with Crippen LogP contribution in [0.5, 0.6) is 0 Å². The third-order valence-corrected chi connectivity index (χ3v) is 5.62. The van der Waals surface area contributed by atoms with Gasteiger partial charge in [0.25, 0.3) is 5.91 Å². The van der Waals surface area contributed by atoms with E-state index in [0.717, 1.165) is 11.0 Å². The average molecular weight is 599 g/mol. The molecule has 2 rings (SSSR count). The fourth-order valence-electron chi connectivity index (χ4n) is 3.32. The molecule has 4 amide bonds. The van der Waals surface area contributed by atoms with E-state index >= 15 is 0 Å². The highest BCUT2D eigenvalue weighted by molar-refractivity contribution is 6.35. The number of imide groups is 1. The molecule has 0 spiro atoms. The van der Waals surface area contributed by atoms with Gasteiger partial charge in [0.1, 0.15) is 17.3 Å². The first-order valence-corrected chi connectivity index (χ1v) is 13.2. The van der Waals surface area contributed by atoms with Crippen molar-refractivity contribution in [2.24, 2.45) is 5.92 Å². The Labute approximate surface area is 242 Å². The fraction of sp³-hybridized carbons (Fsp3) is 0.444. The minimum absolute atomic E-state index is 0.0690. The van der Waals surface area contributed by atoms with Crippen LogP contribution >= 0.6 is 23.2 Å². The molecule has 1 heterocycles. The van der Waals surface area contributed by atoms with E-state index in [1.54, 1.807) is 32.9 Å². The van der Waals surface area contributed by atoms with Crippen LogP contribution in [-0.2, 0) is 14.3 Å². The summed E-state index contributed by atoms with van der Waals surface area (Å²) in [5.74, 6) is -2.83. The highest BCUT2D eigenvalue weighted by Gasteiger charge is 2.30. The molecule has 0 radical (unpaired) electrons. The Morgan fingerprint density at radius 2 is 1.73 bits per heavy atom. The van der Waals surface area contributed by atoms with Crippen molar-refractivity contribution in [1.82, 2.24) is 10.3 Å². The Morgan fingerprint density at radius 1 is 1.07 bits per heavy atom. The van der Waals surface area contributed by atoms with Gasteiger partial charge in [-0.25, -0.2) is 19.0 Å². The SMILES string of the molecule is CC(C)COC(=O)CN(C(=O)OC(C)(C)C)c1cccc(C(C)C)c1NC(=O)NC(=O)c1cc(F)c(Cl)nc1Cl. The molecule has 0 saturated carbocycles. The Kier molecular flexibility index (Phi) is 11.3. The molecule has 0 aliphatic heterocycles. The van der Waals surface area contributed by atoms with E-state index in [9.17, 15) is 23.6 Å². The number of nitrogens with one attached hydrogen (secondary N) is 2. The van der Waals surface area contributed by atoms with Crippen molar-refractivity contribution >= 4 is 58.6 Å². The second-order valence-electron chi connectivity index (χ2n) is 10.5. The third kappa shape index (κ3) is 9.34. The zero-order valence-electron chi connectivity index (χ0n) is 23.4. The number of nitrogens with zero attached hydrogens (tertiary/aromatic N) is 2. The molecule has 0 bridgehead atoms. The van der Waals surface area contributed by atoms with E-state index in [1.165, 1.54) is 6.07 Å². The number of urea groups is 1. The van der Waals surface area contributed by atoms with E-state index in [4.69, 9.17) is 32.7 Å². The minimum atomic E-state index is -1.05. The van der Waals surface area contributed by atoms with Gasteiger partial charge in [-0.3, -0.25) is 19.8 Å². The van der Waals surface area contributed by atoms with Gasteiger partial charge in [-0.2, -0.15) is 0 Å². The maximum atomic E-state index is 13.9. The number of hydrogen-bond donors (Lipinski definition) is 2. The summed E-state index contributed by atoms with van der Waals surface area (Å²) in [6.07, 6.45) is -0.857. The van der Waals surface area contributed by atoms with Crippen LogP contribution in [0.4, 0.5) is 25.4 Å². The zero-order valence-corrected chi connectivity index (χ0v) is 24.9. The van der Waals surface area contributed by atoms with Crippen LogP contribution in [0.1, 0.15) is 70.3 Å².